The van der Waals surface area contributed by atoms with Crippen LogP contribution in [0.2, 0.25) is 0 Å². The van der Waals surface area contributed by atoms with Gasteiger partial charge in [0.05, 0.1) is 5.75 Å². The Hall–Kier alpha value is -0.710. The molecule has 0 aromatic rings. The van der Waals surface area contributed by atoms with E-state index in [1.54, 1.807) is 11.8 Å². The Kier molecular flexibility index (Phi) is 8.94. The first-order valence-electron chi connectivity index (χ1n) is 6.11. The van der Waals surface area contributed by atoms with Crippen LogP contribution in [0.5, 0.6) is 0 Å². The van der Waals surface area contributed by atoms with Gasteiger partial charge in [-0.05, 0) is 25.5 Å². The number of carbonyl (C=O) groups excluding carboxylic acids is 1. The summed E-state index contributed by atoms with van der Waals surface area (Å²) in [5, 5.41) is 8.79. The number of carboxylic acids is 1. The number of hydrogen-bond donors (Lipinski definition) is 1. The van der Waals surface area contributed by atoms with Gasteiger partial charge in [0.2, 0.25) is 5.91 Å². The van der Waals surface area contributed by atoms with Crippen molar-refractivity contribution in [1.82, 2.24) is 4.90 Å². The molecule has 0 saturated heterocycles. The zero-order valence-corrected chi connectivity index (χ0v) is 11.8. The zero-order valence-electron chi connectivity index (χ0n) is 10.9. The molecule has 0 spiro atoms. The minimum Gasteiger partial charge on any atom is -0.480 e. The summed E-state index contributed by atoms with van der Waals surface area (Å²) in [4.78, 5) is 24.1. The average molecular weight is 261 g/mol. The van der Waals surface area contributed by atoms with Gasteiger partial charge in [-0.25, -0.2) is 0 Å². The van der Waals surface area contributed by atoms with Gasteiger partial charge in [0.25, 0.3) is 0 Å². The SMILES string of the molecule is CCCCSCC(=O)N(CC(=O)O)C(C)CC. The van der Waals surface area contributed by atoms with Crippen molar-refractivity contribution in [2.24, 2.45) is 0 Å². The number of carboxylic acid groups (broad SMARTS) is 1. The summed E-state index contributed by atoms with van der Waals surface area (Å²) in [5.41, 5.74) is 0. The molecule has 1 amide bonds. The Balaban J connectivity index is 4.18. The van der Waals surface area contributed by atoms with Gasteiger partial charge in [0.15, 0.2) is 0 Å². The molecule has 0 saturated carbocycles. The minimum absolute atomic E-state index is 0.00891. The number of nitrogens with zero attached hydrogens (tertiary/aromatic N) is 1. The summed E-state index contributed by atoms with van der Waals surface area (Å²) in [5.74, 6) is 0.335. The molecule has 0 aromatic heterocycles. The summed E-state index contributed by atoms with van der Waals surface area (Å²) in [6.07, 6.45) is 2.99. The molecule has 1 unspecified atom stereocenters. The van der Waals surface area contributed by atoms with E-state index in [1.165, 1.54) is 4.90 Å². The van der Waals surface area contributed by atoms with Crippen molar-refractivity contribution in [3.63, 3.8) is 0 Å². The van der Waals surface area contributed by atoms with Gasteiger partial charge in [0, 0.05) is 6.04 Å². The molecule has 0 bridgehead atoms. The van der Waals surface area contributed by atoms with Crippen molar-refractivity contribution in [2.75, 3.05) is 18.1 Å². The largest absolute Gasteiger partial charge is 0.480 e. The minimum atomic E-state index is -0.947. The monoisotopic (exact) mass is 261 g/mol. The molecule has 0 fully saturated rings. The van der Waals surface area contributed by atoms with Crippen LogP contribution < -0.4 is 0 Å². The molecule has 1 atom stereocenters. The van der Waals surface area contributed by atoms with Gasteiger partial charge in [-0.3, -0.25) is 9.59 Å². The molecule has 0 aliphatic carbocycles. The van der Waals surface area contributed by atoms with Crippen LogP contribution in [0.3, 0.4) is 0 Å². The van der Waals surface area contributed by atoms with Crippen molar-refractivity contribution >= 4 is 23.6 Å². The highest BCUT2D eigenvalue weighted by Gasteiger charge is 2.20. The van der Waals surface area contributed by atoms with E-state index >= 15 is 0 Å². The lowest BCUT2D eigenvalue weighted by Crippen LogP contribution is -2.42. The van der Waals surface area contributed by atoms with E-state index in [-0.39, 0.29) is 18.5 Å². The Morgan fingerprint density at radius 3 is 2.47 bits per heavy atom. The second-order valence-electron chi connectivity index (χ2n) is 4.08. The lowest BCUT2D eigenvalue weighted by molar-refractivity contribution is -0.144. The van der Waals surface area contributed by atoms with Crippen LogP contribution in [0.15, 0.2) is 0 Å². The van der Waals surface area contributed by atoms with Gasteiger partial charge in [0.1, 0.15) is 6.54 Å². The van der Waals surface area contributed by atoms with Crippen molar-refractivity contribution in [3.8, 4) is 0 Å². The number of thioether (sulfide) groups is 1. The zero-order chi connectivity index (χ0) is 13.3. The van der Waals surface area contributed by atoms with E-state index in [9.17, 15) is 9.59 Å². The van der Waals surface area contributed by atoms with Crippen molar-refractivity contribution in [3.05, 3.63) is 0 Å². The molecule has 1 N–H and O–H groups in total. The summed E-state index contributed by atoms with van der Waals surface area (Å²) in [7, 11) is 0. The average Bonchev–Trinajstić information content (AvgIpc) is 2.30. The fourth-order valence-corrected chi connectivity index (χ4v) is 2.32. The fraction of sp³-hybridized carbons (Fsp3) is 0.833. The standard InChI is InChI=1S/C12H23NO3S/c1-4-6-7-17-9-11(14)13(8-12(15)16)10(3)5-2/h10H,4-9H2,1-3H3,(H,15,16). The van der Waals surface area contributed by atoms with Gasteiger partial charge in [-0.1, -0.05) is 20.3 Å². The Bertz CT molecular complexity index is 246. The van der Waals surface area contributed by atoms with Crippen LogP contribution in [-0.4, -0.2) is 46.0 Å². The second-order valence-corrected chi connectivity index (χ2v) is 5.18. The van der Waals surface area contributed by atoms with Crippen LogP contribution in [0, 0.1) is 0 Å². The van der Waals surface area contributed by atoms with Crippen LogP contribution >= 0.6 is 11.8 Å². The number of amides is 1. The maximum atomic E-state index is 11.9. The Morgan fingerprint density at radius 1 is 1.35 bits per heavy atom. The predicted molar refractivity (Wildman–Crippen MR) is 71.3 cm³/mol. The van der Waals surface area contributed by atoms with E-state index in [4.69, 9.17) is 5.11 Å². The van der Waals surface area contributed by atoms with E-state index in [1.807, 2.05) is 13.8 Å². The topological polar surface area (TPSA) is 57.6 Å². The molecule has 17 heavy (non-hydrogen) atoms. The van der Waals surface area contributed by atoms with Crippen molar-refractivity contribution in [2.45, 2.75) is 46.1 Å². The molecule has 0 aromatic carbocycles. The fourth-order valence-electron chi connectivity index (χ4n) is 1.34. The first-order chi connectivity index (χ1) is 8.02. The van der Waals surface area contributed by atoms with Gasteiger partial charge in [-0.2, -0.15) is 11.8 Å². The molecule has 0 radical (unpaired) electrons. The molecule has 0 rings (SSSR count). The molecule has 4 nitrogen and oxygen atoms in total. The summed E-state index contributed by atoms with van der Waals surface area (Å²) >= 11 is 1.59. The smallest absolute Gasteiger partial charge is 0.323 e. The van der Waals surface area contributed by atoms with E-state index in [0.717, 1.165) is 25.0 Å². The van der Waals surface area contributed by atoms with Crippen LogP contribution in [0.25, 0.3) is 0 Å². The predicted octanol–water partition coefficient (Wildman–Crippen LogP) is 2.23. The number of aliphatic carboxylic acids is 1. The van der Waals surface area contributed by atoms with E-state index < -0.39 is 5.97 Å². The first-order valence-corrected chi connectivity index (χ1v) is 7.27. The lowest BCUT2D eigenvalue weighted by atomic mass is 10.2. The number of unbranched alkanes of at least 4 members (excludes halogenated alkanes) is 1. The van der Waals surface area contributed by atoms with Gasteiger partial charge >= 0.3 is 5.97 Å². The third kappa shape index (κ3) is 7.26. The summed E-state index contributed by atoms with van der Waals surface area (Å²) < 4.78 is 0. The highest BCUT2D eigenvalue weighted by molar-refractivity contribution is 7.99. The molecular formula is C12H23NO3S. The van der Waals surface area contributed by atoms with Crippen molar-refractivity contribution in [1.29, 1.82) is 0 Å². The van der Waals surface area contributed by atoms with Crippen LogP contribution in [0.1, 0.15) is 40.0 Å². The summed E-state index contributed by atoms with van der Waals surface area (Å²) in [6, 6.07) is -0.00891. The van der Waals surface area contributed by atoms with Crippen LogP contribution in [0.4, 0.5) is 0 Å². The Labute approximate surface area is 108 Å². The second kappa shape index (κ2) is 9.33. The van der Waals surface area contributed by atoms with Gasteiger partial charge < -0.3 is 10.0 Å². The molecule has 100 valence electrons. The third-order valence-electron chi connectivity index (χ3n) is 2.62. The molecule has 0 aliphatic rings. The number of rotatable bonds is 9. The van der Waals surface area contributed by atoms with E-state index in [2.05, 4.69) is 6.92 Å². The number of hydrogen-bond acceptors (Lipinski definition) is 3. The van der Waals surface area contributed by atoms with Crippen LogP contribution in [-0.2, 0) is 9.59 Å². The molecule has 0 aliphatic heterocycles. The molecule has 5 heteroatoms. The maximum absolute atomic E-state index is 11.9. The lowest BCUT2D eigenvalue weighted by Gasteiger charge is -2.26. The molecule has 0 heterocycles. The van der Waals surface area contributed by atoms with E-state index in [0.29, 0.717) is 5.75 Å². The highest BCUT2D eigenvalue weighted by atomic mass is 32.2. The maximum Gasteiger partial charge on any atom is 0.323 e. The van der Waals surface area contributed by atoms with Crippen molar-refractivity contribution < 1.29 is 14.7 Å². The molecular weight excluding hydrogens is 238 g/mol. The van der Waals surface area contributed by atoms with Gasteiger partial charge in [-0.15, -0.1) is 0 Å². The first kappa shape index (κ1) is 16.3. The normalized spacial score (nSPS) is 12.2. The quantitative estimate of drug-likeness (QED) is 0.647. The number of carbonyl (C=O) groups is 2. The Morgan fingerprint density at radius 2 is 2.00 bits per heavy atom. The summed E-state index contributed by atoms with van der Waals surface area (Å²) in [6.45, 7) is 5.76. The third-order valence-corrected chi connectivity index (χ3v) is 3.65. The highest BCUT2D eigenvalue weighted by Crippen LogP contribution is 2.10.